The number of esters is 1. The van der Waals surface area contributed by atoms with E-state index >= 15 is 0 Å². The number of halogens is 1. The van der Waals surface area contributed by atoms with Crippen molar-refractivity contribution in [2.24, 2.45) is 5.92 Å². The molecule has 0 amide bonds. The van der Waals surface area contributed by atoms with Crippen molar-refractivity contribution in [2.75, 3.05) is 6.61 Å². The number of ketones is 1. The van der Waals surface area contributed by atoms with Crippen LogP contribution in [0.25, 0.3) is 0 Å². The molecule has 2 unspecified atom stereocenters. The van der Waals surface area contributed by atoms with Crippen LogP contribution in [0.5, 0.6) is 5.75 Å². The van der Waals surface area contributed by atoms with Crippen LogP contribution in [0, 0.1) is 5.92 Å². The molecule has 0 saturated carbocycles. The summed E-state index contributed by atoms with van der Waals surface area (Å²) in [4.78, 5) is 24.1. The van der Waals surface area contributed by atoms with Crippen molar-refractivity contribution in [1.82, 2.24) is 0 Å². The lowest BCUT2D eigenvalue weighted by atomic mass is 10.0. The smallest absolute Gasteiger partial charge is 0.312 e. The quantitative estimate of drug-likeness (QED) is 0.495. The number of carbonyl (C=O) groups is 2. The zero-order valence-electron chi connectivity index (χ0n) is 15.2. The summed E-state index contributed by atoms with van der Waals surface area (Å²) in [6, 6.07) is 14.2. The molecule has 0 radical (unpaired) electrons. The Morgan fingerprint density at radius 2 is 1.62 bits per heavy atom. The van der Waals surface area contributed by atoms with Crippen LogP contribution in [0.2, 0.25) is 5.02 Å². The monoisotopic (exact) mass is 374 g/mol. The van der Waals surface area contributed by atoms with Gasteiger partial charge in [0.05, 0.1) is 12.5 Å². The normalized spacial score (nSPS) is 12.9. The molecule has 2 rings (SSSR count). The second-order valence-electron chi connectivity index (χ2n) is 6.11. The fourth-order valence-electron chi connectivity index (χ4n) is 2.39. The second-order valence-corrected chi connectivity index (χ2v) is 6.55. The topological polar surface area (TPSA) is 52.6 Å². The average molecular weight is 375 g/mol. The van der Waals surface area contributed by atoms with Gasteiger partial charge < -0.3 is 9.47 Å². The lowest BCUT2D eigenvalue weighted by Gasteiger charge is -2.20. The molecule has 0 aliphatic rings. The van der Waals surface area contributed by atoms with Gasteiger partial charge in [-0.05, 0) is 62.7 Å². The van der Waals surface area contributed by atoms with Gasteiger partial charge in [-0.15, -0.1) is 0 Å². The third-order valence-corrected chi connectivity index (χ3v) is 4.39. The molecule has 0 heterocycles. The van der Waals surface area contributed by atoms with Crippen molar-refractivity contribution in [3.8, 4) is 5.75 Å². The summed E-state index contributed by atoms with van der Waals surface area (Å²) in [7, 11) is 0. The fraction of sp³-hybridized carbons (Fsp3) is 0.333. The standard InChI is InChI=1S/C21H23ClO4/c1-4-25-21(24)14(2)15(3)26-19-11-7-17(8-12-19)20(23)13-16-5-9-18(22)10-6-16/h5-12,14-15H,4,13H2,1-3H3. The number of carbonyl (C=O) groups excluding carboxylic acids is 2. The molecule has 138 valence electrons. The van der Waals surface area contributed by atoms with E-state index in [9.17, 15) is 9.59 Å². The maximum atomic E-state index is 12.4. The average Bonchev–Trinajstić information content (AvgIpc) is 2.63. The lowest BCUT2D eigenvalue weighted by Crippen LogP contribution is -2.29. The van der Waals surface area contributed by atoms with Gasteiger partial charge in [0, 0.05) is 17.0 Å². The SMILES string of the molecule is CCOC(=O)C(C)C(C)Oc1ccc(C(=O)Cc2ccc(Cl)cc2)cc1. The highest BCUT2D eigenvalue weighted by Crippen LogP contribution is 2.19. The van der Waals surface area contributed by atoms with Crippen molar-refractivity contribution in [3.63, 3.8) is 0 Å². The minimum Gasteiger partial charge on any atom is -0.490 e. The molecule has 5 heteroatoms. The van der Waals surface area contributed by atoms with Crippen LogP contribution in [-0.2, 0) is 16.0 Å². The van der Waals surface area contributed by atoms with E-state index in [1.54, 1.807) is 50.2 Å². The van der Waals surface area contributed by atoms with Crippen LogP contribution < -0.4 is 4.74 Å². The predicted octanol–water partition coefficient (Wildman–Crippen LogP) is 4.73. The van der Waals surface area contributed by atoms with E-state index in [1.807, 2.05) is 19.1 Å². The van der Waals surface area contributed by atoms with Crippen LogP contribution in [0.15, 0.2) is 48.5 Å². The van der Waals surface area contributed by atoms with Gasteiger partial charge in [-0.1, -0.05) is 23.7 Å². The molecule has 0 aliphatic heterocycles. The molecule has 0 fully saturated rings. The molecular weight excluding hydrogens is 352 g/mol. The highest BCUT2D eigenvalue weighted by atomic mass is 35.5. The summed E-state index contributed by atoms with van der Waals surface area (Å²) in [5, 5.41) is 0.647. The van der Waals surface area contributed by atoms with Crippen molar-refractivity contribution in [3.05, 3.63) is 64.7 Å². The van der Waals surface area contributed by atoms with Gasteiger partial charge in [0.15, 0.2) is 5.78 Å². The molecule has 0 N–H and O–H groups in total. The Bertz CT molecular complexity index is 738. The van der Waals surface area contributed by atoms with E-state index in [0.29, 0.717) is 29.4 Å². The number of Topliss-reactive ketones (excluding diaryl/α,β-unsaturated/α-hetero) is 1. The summed E-state index contributed by atoms with van der Waals surface area (Å²) in [5.41, 5.74) is 1.52. The first-order valence-corrected chi connectivity index (χ1v) is 8.99. The number of rotatable bonds is 8. The zero-order chi connectivity index (χ0) is 19.1. The first-order valence-electron chi connectivity index (χ1n) is 8.61. The van der Waals surface area contributed by atoms with Crippen LogP contribution >= 0.6 is 11.6 Å². The van der Waals surface area contributed by atoms with E-state index in [2.05, 4.69) is 0 Å². The highest BCUT2D eigenvalue weighted by molar-refractivity contribution is 6.30. The Balaban J connectivity index is 1.95. The van der Waals surface area contributed by atoms with Gasteiger partial charge in [-0.25, -0.2) is 0 Å². The molecule has 26 heavy (non-hydrogen) atoms. The number of ether oxygens (including phenoxy) is 2. The summed E-state index contributed by atoms with van der Waals surface area (Å²) >= 11 is 5.86. The van der Waals surface area contributed by atoms with Crippen molar-refractivity contribution < 1.29 is 19.1 Å². The Kier molecular flexibility index (Phi) is 7.22. The predicted molar refractivity (Wildman–Crippen MR) is 102 cm³/mol. The van der Waals surface area contributed by atoms with Gasteiger partial charge in [0.2, 0.25) is 0 Å². The molecule has 0 aliphatic carbocycles. The first-order chi connectivity index (χ1) is 12.4. The summed E-state index contributed by atoms with van der Waals surface area (Å²) in [6.07, 6.45) is -0.0158. The molecule has 0 saturated heterocycles. The molecule has 2 aromatic rings. The van der Waals surface area contributed by atoms with E-state index in [0.717, 1.165) is 5.56 Å². The van der Waals surface area contributed by atoms with Crippen molar-refractivity contribution >= 4 is 23.4 Å². The van der Waals surface area contributed by atoms with E-state index in [1.165, 1.54) is 0 Å². The Morgan fingerprint density at radius 1 is 1.00 bits per heavy atom. The molecule has 4 nitrogen and oxygen atoms in total. The van der Waals surface area contributed by atoms with E-state index in [-0.39, 0.29) is 23.8 Å². The molecule has 2 atom stereocenters. The van der Waals surface area contributed by atoms with Crippen LogP contribution in [0.3, 0.4) is 0 Å². The summed E-state index contributed by atoms with van der Waals surface area (Å²) in [5.74, 6) is -0.0283. The van der Waals surface area contributed by atoms with E-state index in [4.69, 9.17) is 21.1 Å². The minimum atomic E-state index is -0.374. The summed E-state index contributed by atoms with van der Waals surface area (Å²) in [6.45, 7) is 5.71. The zero-order valence-corrected chi connectivity index (χ0v) is 16.0. The molecule has 0 aromatic heterocycles. The Morgan fingerprint density at radius 3 is 2.19 bits per heavy atom. The molecule has 0 bridgehead atoms. The van der Waals surface area contributed by atoms with Crippen molar-refractivity contribution in [1.29, 1.82) is 0 Å². The number of hydrogen-bond donors (Lipinski definition) is 0. The van der Waals surface area contributed by atoms with Gasteiger partial charge in [-0.2, -0.15) is 0 Å². The largest absolute Gasteiger partial charge is 0.490 e. The number of hydrogen-bond acceptors (Lipinski definition) is 4. The Labute approximate surface area is 159 Å². The van der Waals surface area contributed by atoms with Crippen molar-refractivity contribution in [2.45, 2.75) is 33.3 Å². The first kappa shape index (κ1) is 20.0. The van der Waals surface area contributed by atoms with Gasteiger partial charge in [0.25, 0.3) is 0 Å². The highest BCUT2D eigenvalue weighted by Gasteiger charge is 2.23. The maximum absolute atomic E-state index is 12.4. The molecular formula is C21H23ClO4. The minimum absolute atomic E-state index is 0.0202. The van der Waals surface area contributed by atoms with E-state index < -0.39 is 0 Å². The molecule has 2 aromatic carbocycles. The second kappa shape index (κ2) is 9.39. The third-order valence-electron chi connectivity index (χ3n) is 4.14. The molecule has 0 spiro atoms. The van der Waals surface area contributed by atoms with Crippen LogP contribution in [0.1, 0.15) is 36.7 Å². The van der Waals surface area contributed by atoms with Crippen LogP contribution in [0.4, 0.5) is 0 Å². The van der Waals surface area contributed by atoms with Crippen LogP contribution in [-0.4, -0.2) is 24.5 Å². The third kappa shape index (κ3) is 5.60. The maximum Gasteiger partial charge on any atom is 0.312 e. The summed E-state index contributed by atoms with van der Waals surface area (Å²) < 4.78 is 10.8. The fourth-order valence-corrected chi connectivity index (χ4v) is 2.52. The Hall–Kier alpha value is -2.33. The van der Waals surface area contributed by atoms with Gasteiger partial charge in [-0.3, -0.25) is 9.59 Å². The lowest BCUT2D eigenvalue weighted by molar-refractivity contribution is -0.150. The number of benzene rings is 2. The van der Waals surface area contributed by atoms with Gasteiger partial charge >= 0.3 is 5.97 Å². The van der Waals surface area contributed by atoms with Gasteiger partial charge in [0.1, 0.15) is 11.9 Å².